The van der Waals surface area contributed by atoms with Gasteiger partial charge >= 0.3 is 17.9 Å². The van der Waals surface area contributed by atoms with Crippen molar-refractivity contribution in [2.75, 3.05) is 0 Å². The second-order valence-electron chi connectivity index (χ2n) is 14.1. The van der Waals surface area contributed by atoms with Crippen molar-refractivity contribution in [1.82, 2.24) is 0 Å². The molecule has 0 spiro atoms. The molecule has 0 amide bonds. The third-order valence-corrected chi connectivity index (χ3v) is 9.40. The molecule has 0 saturated heterocycles. The van der Waals surface area contributed by atoms with E-state index in [-0.39, 0.29) is 36.5 Å². The van der Waals surface area contributed by atoms with Gasteiger partial charge in [-0.25, -0.2) is 14.4 Å². The molecule has 0 radical (unpaired) electrons. The first-order valence-electron chi connectivity index (χ1n) is 19.5. The summed E-state index contributed by atoms with van der Waals surface area (Å²) in [5, 5.41) is 27.4. The van der Waals surface area contributed by atoms with Crippen LogP contribution in [0.1, 0.15) is 64.5 Å². The Bertz CT molecular complexity index is 2450. The highest BCUT2D eigenvalue weighted by Crippen LogP contribution is 2.22. The quantitative estimate of drug-likeness (QED) is 0.0710. The third-order valence-electron chi connectivity index (χ3n) is 9.40. The first-order chi connectivity index (χ1) is 30.6. The molecule has 7 rings (SSSR count). The van der Waals surface area contributed by atoms with Gasteiger partial charge in [0.2, 0.25) is 0 Å². The van der Waals surface area contributed by atoms with Crippen LogP contribution in [0.3, 0.4) is 0 Å². The minimum absolute atomic E-state index is 0.200. The van der Waals surface area contributed by atoms with Crippen LogP contribution in [0.2, 0.25) is 0 Å². The molecule has 63 heavy (non-hydrogen) atoms. The van der Waals surface area contributed by atoms with Crippen molar-refractivity contribution >= 4 is 53.6 Å². The van der Waals surface area contributed by atoms with Gasteiger partial charge in [0.05, 0.1) is 33.8 Å². The fourth-order valence-electron chi connectivity index (χ4n) is 6.06. The summed E-state index contributed by atoms with van der Waals surface area (Å²) in [4.78, 5) is 46.7. The molecule has 3 N–H and O–H groups in total. The van der Waals surface area contributed by atoms with Gasteiger partial charge in [-0.05, 0) is 197 Å². The number of carboxylic acids is 3. The van der Waals surface area contributed by atoms with Gasteiger partial charge < -0.3 is 29.5 Å². The van der Waals surface area contributed by atoms with Crippen molar-refractivity contribution < 1.29 is 43.9 Å². The van der Waals surface area contributed by atoms with E-state index < -0.39 is 17.9 Å². The van der Waals surface area contributed by atoms with E-state index >= 15 is 0 Å². The molecular weight excluding hydrogens is 799 g/mol. The van der Waals surface area contributed by atoms with Crippen LogP contribution in [0.5, 0.6) is 17.2 Å². The van der Waals surface area contributed by atoms with Crippen molar-refractivity contribution in [1.29, 1.82) is 0 Å². The van der Waals surface area contributed by atoms with E-state index in [4.69, 9.17) is 29.5 Å². The maximum absolute atomic E-state index is 11.1. The van der Waals surface area contributed by atoms with E-state index in [1.165, 1.54) is 36.4 Å². The number of carbonyl (C=O) groups is 3. The standard InChI is InChI=1S/C51H39N3O9/c55-49(56)40-7-13-43(14-8-40)52-28-34-1-19-46(20-2-34)61-31-37-25-38(32-62-47-21-3-35(4-22-47)29-53-44-15-9-41(10-16-44)50(57)58)27-39(26-37)33-63-48-23-5-36(6-24-48)30-54-45-17-11-42(12-18-45)51(59)60/h1-30H,31-33H2,(H,55,56)(H,57,58)(H,59,60). The fraction of sp³-hybridized carbons (Fsp3) is 0.0588. The first-order valence-corrected chi connectivity index (χ1v) is 19.5. The smallest absolute Gasteiger partial charge is 0.335 e. The Morgan fingerprint density at radius 1 is 0.365 bits per heavy atom. The van der Waals surface area contributed by atoms with E-state index in [2.05, 4.69) is 15.0 Å². The van der Waals surface area contributed by atoms with Gasteiger partial charge in [0.25, 0.3) is 0 Å². The number of hydrogen-bond acceptors (Lipinski definition) is 9. The van der Waals surface area contributed by atoms with Gasteiger partial charge in [-0.3, -0.25) is 15.0 Å². The van der Waals surface area contributed by atoms with E-state index in [0.29, 0.717) is 34.3 Å². The SMILES string of the molecule is O=C(O)c1ccc(N=Cc2ccc(OCc3cc(COc4ccc(C=Nc5ccc(C(=O)O)cc5)cc4)cc(COc4ccc(C=Nc5ccc(C(=O)O)cc5)cc4)c3)cc2)cc1. The molecule has 0 saturated carbocycles. The molecule has 0 aliphatic heterocycles. The van der Waals surface area contributed by atoms with Gasteiger partial charge in [-0.1, -0.05) is 0 Å². The highest BCUT2D eigenvalue weighted by atomic mass is 16.5. The summed E-state index contributed by atoms with van der Waals surface area (Å²) < 4.78 is 18.6. The second kappa shape index (κ2) is 20.6. The van der Waals surface area contributed by atoms with Gasteiger partial charge in [-0.15, -0.1) is 0 Å². The fourth-order valence-corrected chi connectivity index (χ4v) is 6.06. The Kier molecular flexibility index (Phi) is 13.9. The number of carboxylic acid groups (broad SMARTS) is 3. The Morgan fingerprint density at radius 2 is 0.603 bits per heavy atom. The summed E-state index contributed by atoms with van der Waals surface area (Å²) in [6.45, 7) is 0.846. The number of ether oxygens (including phenoxy) is 3. The molecule has 0 heterocycles. The van der Waals surface area contributed by atoms with E-state index in [1.807, 2.05) is 91.0 Å². The summed E-state index contributed by atoms with van der Waals surface area (Å²) in [5.74, 6) is -0.966. The van der Waals surface area contributed by atoms with Crippen LogP contribution in [0.15, 0.2) is 179 Å². The van der Waals surface area contributed by atoms with Crippen LogP contribution in [-0.2, 0) is 19.8 Å². The molecule has 0 fully saturated rings. The highest BCUT2D eigenvalue weighted by molar-refractivity contribution is 5.90. The maximum atomic E-state index is 11.1. The molecule has 7 aromatic carbocycles. The molecule has 0 bridgehead atoms. The predicted octanol–water partition coefficient (Wildman–Crippen LogP) is 10.8. The molecule has 7 aromatic rings. The lowest BCUT2D eigenvalue weighted by Crippen LogP contribution is -2.04. The lowest BCUT2D eigenvalue weighted by molar-refractivity contribution is 0.0686. The topological polar surface area (TPSA) is 177 Å². The summed E-state index contributed by atoms with van der Waals surface area (Å²) in [6, 6.07) is 47.6. The van der Waals surface area contributed by atoms with Gasteiger partial charge in [0.15, 0.2) is 0 Å². The zero-order chi connectivity index (χ0) is 44.0. The number of nitrogens with zero attached hydrogens (tertiary/aromatic N) is 3. The normalized spacial score (nSPS) is 11.2. The summed E-state index contributed by atoms with van der Waals surface area (Å²) >= 11 is 0. The number of aromatic carboxylic acids is 3. The minimum Gasteiger partial charge on any atom is -0.489 e. The van der Waals surface area contributed by atoms with Crippen molar-refractivity contribution in [3.63, 3.8) is 0 Å². The number of aliphatic imine (C=N–C) groups is 3. The van der Waals surface area contributed by atoms with Crippen LogP contribution in [0.25, 0.3) is 0 Å². The third kappa shape index (κ3) is 12.7. The molecule has 0 aliphatic rings. The number of rotatable bonds is 18. The molecule has 12 nitrogen and oxygen atoms in total. The van der Waals surface area contributed by atoms with Gasteiger partial charge in [0.1, 0.15) is 37.1 Å². The van der Waals surface area contributed by atoms with E-state index in [9.17, 15) is 14.4 Å². The Labute approximate surface area is 362 Å². The molecular formula is C51H39N3O9. The lowest BCUT2D eigenvalue weighted by Gasteiger charge is -2.13. The Hall–Kier alpha value is -8.64. The van der Waals surface area contributed by atoms with E-state index in [0.717, 1.165) is 33.4 Å². The molecule has 12 heteroatoms. The monoisotopic (exact) mass is 837 g/mol. The van der Waals surface area contributed by atoms with Gasteiger partial charge in [0, 0.05) is 18.6 Å². The summed E-state index contributed by atoms with van der Waals surface area (Å²) in [6.07, 6.45) is 5.10. The lowest BCUT2D eigenvalue weighted by atomic mass is 10.1. The van der Waals surface area contributed by atoms with Crippen molar-refractivity contribution in [3.05, 3.63) is 214 Å². The van der Waals surface area contributed by atoms with Gasteiger partial charge in [-0.2, -0.15) is 0 Å². The van der Waals surface area contributed by atoms with Crippen LogP contribution in [0, 0.1) is 0 Å². The van der Waals surface area contributed by atoms with Crippen molar-refractivity contribution in [2.45, 2.75) is 19.8 Å². The van der Waals surface area contributed by atoms with Crippen molar-refractivity contribution in [2.24, 2.45) is 15.0 Å². The zero-order valence-corrected chi connectivity index (χ0v) is 33.6. The molecule has 0 aliphatic carbocycles. The molecule has 312 valence electrons. The maximum Gasteiger partial charge on any atom is 0.335 e. The zero-order valence-electron chi connectivity index (χ0n) is 33.6. The highest BCUT2D eigenvalue weighted by Gasteiger charge is 2.08. The number of benzene rings is 7. The summed E-state index contributed by atoms with van der Waals surface area (Å²) in [5.41, 5.74) is 7.81. The van der Waals surface area contributed by atoms with Crippen LogP contribution < -0.4 is 14.2 Å². The summed E-state index contributed by atoms with van der Waals surface area (Å²) in [7, 11) is 0. The van der Waals surface area contributed by atoms with Crippen LogP contribution >= 0.6 is 0 Å². The minimum atomic E-state index is -0.988. The van der Waals surface area contributed by atoms with Crippen molar-refractivity contribution in [3.8, 4) is 17.2 Å². The Morgan fingerprint density at radius 3 is 0.825 bits per heavy atom. The molecule has 0 unspecified atom stereocenters. The molecule has 0 aromatic heterocycles. The van der Waals surface area contributed by atoms with Crippen LogP contribution in [-0.4, -0.2) is 51.9 Å². The average molecular weight is 838 g/mol. The Balaban J connectivity index is 0.998. The predicted molar refractivity (Wildman–Crippen MR) is 241 cm³/mol. The second-order valence-corrected chi connectivity index (χ2v) is 14.1. The largest absolute Gasteiger partial charge is 0.489 e. The first kappa shape index (κ1) is 42.5. The number of hydrogen-bond donors (Lipinski definition) is 3. The average Bonchev–Trinajstić information content (AvgIpc) is 3.31. The van der Waals surface area contributed by atoms with Crippen LogP contribution in [0.4, 0.5) is 17.1 Å². The molecule has 0 atom stereocenters. The van der Waals surface area contributed by atoms with E-state index in [1.54, 1.807) is 55.0 Å².